The smallest absolute Gasteiger partial charge is 0.305 e. The molecular formula is C16H28N2O4. The maximum atomic E-state index is 12.5. The molecule has 1 N–H and O–H groups in total. The Kier molecular flexibility index (Phi) is 7.35. The number of hydrogen-bond acceptors (Lipinski definition) is 3. The average molecular weight is 312 g/mol. The van der Waals surface area contributed by atoms with Crippen LogP contribution in [0.15, 0.2) is 0 Å². The van der Waals surface area contributed by atoms with Gasteiger partial charge in [-0.3, -0.25) is 14.4 Å². The quantitative estimate of drug-likeness (QED) is 0.774. The summed E-state index contributed by atoms with van der Waals surface area (Å²) in [6, 6.07) is 0. The van der Waals surface area contributed by atoms with Gasteiger partial charge in [0, 0.05) is 32.1 Å². The van der Waals surface area contributed by atoms with Crippen LogP contribution in [0.25, 0.3) is 0 Å². The van der Waals surface area contributed by atoms with E-state index in [1.54, 1.807) is 9.80 Å². The topological polar surface area (TPSA) is 77.9 Å². The third-order valence-corrected chi connectivity index (χ3v) is 4.41. The molecule has 6 nitrogen and oxygen atoms in total. The third-order valence-electron chi connectivity index (χ3n) is 4.41. The van der Waals surface area contributed by atoms with Crippen molar-refractivity contribution in [3.63, 3.8) is 0 Å². The molecule has 0 aliphatic carbocycles. The molecule has 0 aromatic carbocycles. The van der Waals surface area contributed by atoms with Gasteiger partial charge in [-0.15, -0.1) is 0 Å². The number of aliphatic carboxylic acids is 1. The van der Waals surface area contributed by atoms with Gasteiger partial charge >= 0.3 is 5.97 Å². The summed E-state index contributed by atoms with van der Waals surface area (Å²) < 4.78 is 0. The standard InChI is InChI=1S/C16H28N2O4/c1-4-12(3)15(21)18-9-6-7-13(11-18)16(22)17(5-2)10-8-14(19)20/h12-13H,4-11H2,1-3H3,(H,19,20). The molecule has 1 fully saturated rings. The molecule has 2 amide bonds. The van der Waals surface area contributed by atoms with Crippen molar-refractivity contribution in [1.29, 1.82) is 0 Å². The lowest BCUT2D eigenvalue weighted by atomic mass is 9.95. The van der Waals surface area contributed by atoms with E-state index >= 15 is 0 Å². The van der Waals surface area contributed by atoms with Crippen LogP contribution in [0.4, 0.5) is 0 Å². The van der Waals surface area contributed by atoms with Crippen LogP contribution in [0.3, 0.4) is 0 Å². The van der Waals surface area contributed by atoms with Gasteiger partial charge in [-0.2, -0.15) is 0 Å². The molecule has 1 aliphatic heterocycles. The molecule has 1 rings (SSSR count). The van der Waals surface area contributed by atoms with E-state index in [1.807, 2.05) is 20.8 Å². The third kappa shape index (κ3) is 5.00. The maximum Gasteiger partial charge on any atom is 0.305 e. The number of carbonyl (C=O) groups excluding carboxylic acids is 2. The largest absolute Gasteiger partial charge is 0.481 e. The molecule has 2 atom stereocenters. The highest BCUT2D eigenvalue weighted by molar-refractivity contribution is 5.82. The minimum Gasteiger partial charge on any atom is -0.481 e. The van der Waals surface area contributed by atoms with Crippen LogP contribution in [0, 0.1) is 11.8 Å². The molecule has 0 radical (unpaired) electrons. The van der Waals surface area contributed by atoms with Crippen LogP contribution >= 0.6 is 0 Å². The summed E-state index contributed by atoms with van der Waals surface area (Å²) in [4.78, 5) is 38.9. The lowest BCUT2D eigenvalue weighted by Gasteiger charge is -2.35. The second kappa shape index (κ2) is 8.76. The summed E-state index contributed by atoms with van der Waals surface area (Å²) >= 11 is 0. The zero-order valence-corrected chi connectivity index (χ0v) is 13.9. The van der Waals surface area contributed by atoms with Crippen LogP contribution in [0.5, 0.6) is 0 Å². The van der Waals surface area contributed by atoms with Gasteiger partial charge in [0.2, 0.25) is 11.8 Å². The molecule has 0 aromatic rings. The summed E-state index contributed by atoms with van der Waals surface area (Å²) in [5, 5.41) is 8.76. The Morgan fingerprint density at radius 3 is 2.55 bits per heavy atom. The number of amides is 2. The number of carboxylic acids is 1. The summed E-state index contributed by atoms with van der Waals surface area (Å²) in [5.74, 6) is -1.01. The summed E-state index contributed by atoms with van der Waals surface area (Å²) in [6.45, 7) is 7.67. The normalized spacial score (nSPS) is 19.6. The SMILES string of the molecule is CCC(C)C(=O)N1CCCC(C(=O)N(CC)CCC(=O)O)C1. The second-order valence-corrected chi connectivity index (χ2v) is 5.99. The average Bonchev–Trinajstić information content (AvgIpc) is 2.53. The van der Waals surface area contributed by atoms with Crippen LogP contribution in [0.1, 0.15) is 46.5 Å². The van der Waals surface area contributed by atoms with Gasteiger partial charge in [-0.1, -0.05) is 13.8 Å². The van der Waals surface area contributed by atoms with Crippen LogP contribution in [0.2, 0.25) is 0 Å². The predicted molar refractivity (Wildman–Crippen MR) is 83.3 cm³/mol. The highest BCUT2D eigenvalue weighted by Gasteiger charge is 2.31. The van der Waals surface area contributed by atoms with E-state index < -0.39 is 5.97 Å². The zero-order chi connectivity index (χ0) is 16.7. The first kappa shape index (κ1) is 18.5. The van der Waals surface area contributed by atoms with Crippen molar-refractivity contribution in [2.75, 3.05) is 26.2 Å². The van der Waals surface area contributed by atoms with Crippen LogP contribution in [-0.4, -0.2) is 58.9 Å². The van der Waals surface area contributed by atoms with Crippen molar-refractivity contribution in [3.05, 3.63) is 0 Å². The Hall–Kier alpha value is -1.59. The van der Waals surface area contributed by atoms with Crippen molar-refractivity contribution in [1.82, 2.24) is 9.80 Å². The van der Waals surface area contributed by atoms with E-state index in [4.69, 9.17) is 5.11 Å². The summed E-state index contributed by atoms with van der Waals surface area (Å²) in [7, 11) is 0. The minimum atomic E-state index is -0.900. The fourth-order valence-electron chi connectivity index (χ4n) is 2.78. The molecule has 2 unspecified atom stereocenters. The Morgan fingerprint density at radius 1 is 1.32 bits per heavy atom. The van der Waals surface area contributed by atoms with Crippen molar-refractivity contribution >= 4 is 17.8 Å². The van der Waals surface area contributed by atoms with E-state index in [0.717, 1.165) is 19.3 Å². The number of carbonyl (C=O) groups is 3. The molecule has 126 valence electrons. The summed E-state index contributed by atoms with van der Waals surface area (Å²) in [5.41, 5.74) is 0. The fraction of sp³-hybridized carbons (Fsp3) is 0.812. The van der Waals surface area contributed by atoms with Gasteiger partial charge in [0.05, 0.1) is 12.3 Å². The zero-order valence-electron chi connectivity index (χ0n) is 13.9. The Labute approximate surface area is 132 Å². The summed E-state index contributed by atoms with van der Waals surface area (Å²) in [6.07, 6.45) is 2.36. The number of likely N-dealkylation sites (tertiary alicyclic amines) is 1. The molecule has 1 heterocycles. The molecule has 1 saturated heterocycles. The Morgan fingerprint density at radius 2 is 2.00 bits per heavy atom. The monoisotopic (exact) mass is 312 g/mol. The van der Waals surface area contributed by atoms with Gasteiger partial charge in [-0.25, -0.2) is 0 Å². The molecule has 22 heavy (non-hydrogen) atoms. The molecular weight excluding hydrogens is 284 g/mol. The highest BCUT2D eigenvalue weighted by atomic mass is 16.4. The second-order valence-electron chi connectivity index (χ2n) is 5.99. The van der Waals surface area contributed by atoms with Gasteiger partial charge in [0.25, 0.3) is 0 Å². The van der Waals surface area contributed by atoms with Crippen LogP contribution < -0.4 is 0 Å². The van der Waals surface area contributed by atoms with E-state index in [-0.39, 0.29) is 36.6 Å². The highest BCUT2D eigenvalue weighted by Crippen LogP contribution is 2.21. The van der Waals surface area contributed by atoms with Gasteiger partial charge < -0.3 is 14.9 Å². The van der Waals surface area contributed by atoms with Crippen molar-refractivity contribution in [2.24, 2.45) is 11.8 Å². The van der Waals surface area contributed by atoms with Crippen molar-refractivity contribution in [3.8, 4) is 0 Å². The number of rotatable bonds is 7. The van der Waals surface area contributed by atoms with Gasteiger partial charge in [0.15, 0.2) is 0 Å². The molecule has 0 spiro atoms. The van der Waals surface area contributed by atoms with Crippen molar-refractivity contribution in [2.45, 2.75) is 46.5 Å². The van der Waals surface area contributed by atoms with E-state index in [1.165, 1.54) is 0 Å². The van der Waals surface area contributed by atoms with E-state index in [2.05, 4.69) is 0 Å². The fourth-order valence-corrected chi connectivity index (χ4v) is 2.78. The minimum absolute atomic E-state index is 0.0110. The van der Waals surface area contributed by atoms with E-state index in [9.17, 15) is 14.4 Å². The van der Waals surface area contributed by atoms with Crippen LogP contribution in [-0.2, 0) is 14.4 Å². The number of piperidine rings is 1. The lowest BCUT2D eigenvalue weighted by Crippen LogP contribution is -2.48. The van der Waals surface area contributed by atoms with E-state index in [0.29, 0.717) is 19.6 Å². The first-order valence-electron chi connectivity index (χ1n) is 8.20. The first-order valence-corrected chi connectivity index (χ1v) is 8.20. The Bertz CT molecular complexity index is 411. The van der Waals surface area contributed by atoms with Gasteiger partial charge in [-0.05, 0) is 26.2 Å². The first-order chi connectivity index (χ1) is 10.4. The van der Waals surface area contributed by atoms with Crippen molar-refractivity contribution < 1.29 is 19.5 Å². The number of hydrogen-bond donors (Lipinski definition) is 1. The maximum absolute atomic E-state index is 12.5. The molecule has 6 heteroatoms. The lowest BCUT2D eigenvalue weighted by molar-refractivity contribution is -0.143. The number of carboxylic acid groups (broad SMARTS) is 1. The predicted octanol–water partition coefficient (Wildman–Crippen LogP) is 1.59. The molecule has 1 aliphatic rings. The molecule has 0 bridgehead atoms. The van der Waals surface area contributed by atoms with Gasteiger partial charge in [0.1, 0.15) is 0 Å². The molecule has 0 saturated carbocycles. The Balaban J connectivity index is 2.64. The number of nitrogens with zero attached hydrogens (tertiary/aromatic N) is 2. The molecule has 0 aromatic heterocycles.